The number of hydrogen-bond acceptors (Lipinski definition) is 6. The van der Waals surface area contributed by atoms with E-state index >= 15 is 0 Å². The van der Waals surface area contributed by atoms with Crippen molar-refractivity contribution < 1.29 is 19.1 Å². The van der Waals surface area contributed by atoms with Gasteiger partial charge in [-0.2, -0.15) is 0 Å². The van der Waals surface area contributed by atoms with Crippen LogP contribution in [0.2, 0.25) is 0 Å². The van der Waals surface area contributed by atoms with Crippen molar-refractivity contribution in [3.8, 4) is 5.75 Å². The first-order chi connectivity index (χ1) is 14.0. The smallest absolute Gasteiger partial charge is 0.306 e. The van der Waals surface area contributed by atoms with Crippen LogP contribution < -0.4 is 10.3 Å². The maximum atomic E-state index is 12.4. The molecule has 2 aromatic carbocycles. The van der Waals surface area contributed by atoms with E-state index in [9.17, 15) is 14.4 Å². The van der Waals surface area contributed by atoms with Crippen LogP contribution in [-0.4, -0.2) is 34.9 Å². The number of carbonyl (C=O) groups excluding carboxylic acids is 2. The molecular formula is C22H22N2O5. The fourth-order valence-electron chi connectivity index (χ4n) is 2.95. The summed E-state index contributed by atoms with van der Waals surface area (Å²) in [5.41, 5.74) is 0.864. The SMILES string of the molecule is COc1ccc(C(=O)[C@H](C)OC(=O)CCCc2nc3ccccc3c(=O)[nH]2)cc1. The summed E-state index contributed by atoms with van der Waals surface area (Å²) in [7, 11) is 1.55. The van der Waals surface area contributed by atoms with Crippen molar-refractivity contribution in [2.24, 2.45) is 0 Å². The van der Waals surface area contributed by atoms with Gasteiger partial charge >= 0.3 is 5.97 Å². The fraction of sp³-hybridized carbons (Fsp3) is 0.273. The molecule has 0 unspecified atom stereocenters. The highest BCUT2D eigenvalue weighted by Gasteiger charge is 2.19. The standard InChI is InChI=1S/C22H22N2O5/c1-14(21(26)15-10-12-16(28-2)13-11-15)29-20(25)9-5-8-19-23-18-7-4-3-6-17(18)22(27)24-19/h3-4,6-7,10-14H,5,8-9H2,1-2H3,(H,23,24,27)/t14-/m0/s1. The number of hydrogen-bond donors (Lipinski definition) is 1. The summed E-state index contributed by atoms with van der Waals surface area (Å²) in [5, 5.41) is 0.529. The molecule has 0 saturated carbocycles. The number of carbonyl (C=O) groups is 2. The number of Topliss-reactive ketones (excluding diaryl/α,β-unsaturated/α-hetero) is 1. The lowest BCUT2D eigenvalue weighted by Gasteiger charge is -2.12. The normalized spacial score (nSPS) is 11.8. The summed E-state index contributed by atoms with van der Waals surface area (Å²) in [6.07, 6.45) is 0.116. The predicted molar refractivity (Wildman–Crippen MR) is 108 cm³/mol. The van der Waals surface area contributed by atoms with Gasteiger partial charge in [-0.25, -0.2) is 4.98 Å². The minimum absolute atomic E-state index is 0.122. The Hall–Kier alpha value is -3.48. The van der Waals surface area contributed by atoms with Crippen molar-refractivity contribution in [2.75, 3.05) is 7.11 Å². The Balaban J connectivity index is 1.51. The second-order valence-electron chi connectivity index (χ2n) is 6.61. The topological polar surface area (TPSA) is 98.3 Å². The van der Waals surface area contributed by atoms with E-state index in [-0.39, 0.29) is 17.8 Å². The molecule has 7 heteroatoms. The van der Waals surface area contributed by atoms with Gasteiger partial charge in [0, 0.05) is 18.4 Å². The van der Waals surface area contributed by atoms with Crippen LogP contribution in [0, 0.1) is 0 Å². The number of para-hydroxylation sites is 1. The van der Waals surface area contributed by atoms with Gasteiger partial charge < -0.3 is 14.5 Å². The van der Waals surface area contributed by atoms with Gasteiger partial charge in [0.15, 0.2) is 6.10 Å². The number of benzene rings is 2. The molecule has 1 atom stereocenters. The third-order valence-electron chi connectivity index (χ3n) is 4.51. The average molecular weight is 394 g/mol. The van der Waals surface area contributed by atoms with E-state index in [0.717, 1.165) is 0 Å². The molecule has 0 saturated heterocycles. The molecule has 3 rings (SSSR count). The van der Waals surface area contributed by atoms with Crippen LogP contribution in [0.4, 0.5) is 0 Å². The van der Waals surface area contributed by atoms with Crippen molar-refractivity contribution in [3.05, 3.63) is 70.3 Å². The lowest BCUT2D eigenvalue weighted by atomic mass is 10.1. The van der Waals surface area contributed by atoms with Crippen LogP contribution in [-0.2, 0) is 16.0 Å². The molecule has 0 aliphatic rings. The van der Waals surface area contributed by atoms with Gasteiger partial charge in [-0.1, -0.05) is 12.1 Å². The van der Waals surface area contributed by atoms with Gasteiger partial charge in [0.1, 0.15) is 11.6 Å². The second kappa shape index (κ2) is 9.14. The largest absolute Gasteiger partial charge is 0.497 e. The van der Waals surface area contributed by atoms with Crippen LogP contribution in [0.1, 0.15) is 35.9 Å². The van der Waals surface area contributed by atoms with Crippen molar-refractivity contribution in [3.63, 3.8) is 0 Å². The van der Waals surface area contributed by atoms with Crippen LogP contribution in [0.5, 0.6) is 5.75 Å². The molecule has 0 amide bonds. The molecular weight excluding hydrogens is 372 g/mol. The molecule has 0 spiro atoms. The van der Waals surface area contributed by atoms with E-state index in [4.69, 9.17) is 9.47 Å². The second-order valence-corrected chi connectivity index (χ2v) is 6.61. The molecule has 0 aliphatic carbocycles. The number of aromatic amines is 1. The van der Waals surface area contributed by atoms with Gasteiger partial charge in [-0.15, -0.1) is 0 Å². The highest BCUT2D eigenvalue weighted by molar-refractivity contribution is 6.00. The van der Waals surface area contributed by atoms with Crippen LogP contribution in [0.3, 0.4) is 0 Å². The predicted octanol–water partition coefficient (Wildman–Crippen LogP) is 3.07. The van der Waals surface area contributed by atoms with E-state index in [1.807, 2.05) is 6.07 Å². The minimum Gasteiger partial charge on any atom is -0.497 e. The number of fused-ring (bicyclic) bond motifs is 1. The molecule has 1 heterocycles. The summed E-state index contributed by atoms with van der Waals surface area (Å²) in [6, 6.07) is 13.7. The highest BCUT2D eigenvalue weighted by atomic mass is 16.5. The lowest BCUT2D eigenvalue weighted by molar-refractivity contribution is -0.146. The maximum absolute atomic E-state index is 12.4. The Morgan fingerprint density at radius 1 is 1.10 bits per heavy atom. The first-order valence-corrected chi connectivity index (χ1v) is 9.33. The number of rotatable bonds is 8. The van der Waals surface area contributed by atoms with Gasteiger partial charge in [-0.3, -0.25) is 14.4 Å². The number of nitrogens with zero attached hydrogens (tertiary/aromatic N) is 1. The zero-order valence-corrected chi connectivity index (χ0v) is 16.3. The monoisotopic (exact) mass is 394 g/mol. The number of ketones is 1. The number of methoxy groups -OCH3 is 1. The highest BCUT2D eigenvalue weighted by Crippen LogP contribution is 2.14. The molecule has 150 valence electrons. The third kappa shape index (κ3) is 5.07. The minimum atomic E-state index is -0.880. The first-order valence-electron chi connectivity index (χ1n) is 9.33. The van der Waals surface area contributed by atoms with Crippen LogP contribution in [0.15, 0.2) is 53.3 Å². The molecule has 3 aromatic rings. The quantitative estimate of drug-likeness (QED) is 0.466. The van der Waals surface area contributed by atoms with E-state index < -0.39 is 12.1 Å². The fourth-order valence-corrected chi connectivity index (χ4v) is 2.95. The van der Waals surface area contributed by atoms with Crippen LogP contribution >= 0.6 is 0 Å². The van der Waals surface area contributed by atoms with Crippen molar-refractivity contribution >= 4 is 22.7 Å². The van der Waals surface area contributed by atoms with E-state index in [0.29, 0.717) is 40.9 Å². The Labute approximate surface area is 167 Å². The van der Waals surface area contributed by atoms with Gasteiger partial charge in [0.05, 0.1) is 18.0 Å². The number of aryl methyl sites for hydroxylation is 1. The third-order valence-corrected chi connectivity index (χ3v) is 4.51. The summed E-state index contributed by atoms with van der Waals surface area (Å²) in [4.78, 5) is 43.6. The summed E-state index contributed by atoms with van der Waals surface area (Å²) in [5.74, 6) is 0.416. The summed E-state index contributed by atoms with van der Waals surface area (Å²) >= 11 is 0. The Bertz CT molecular complexity index is 1070. The van der Waals surface area contributed by atoms with Gasteiger partial charge in [0.25, 0.3) is 5.56 Å². The first kappa shape index (κ1) is 20.3. The molecule has 7 nitrogen and oxygen atoms in total. The Morgan fingerprint density at radius 3 is 2.55 bits per heavy atom. The number of ether oxygens (including phenoxy) is 2. The summed E-state index contributed by atoms with van der Waals surface area (Å²) < 4.78 is 10.3. The number of nitrogens with one attached hydrogen (secondary N) is 1. The van der Waals surface area contributed by atoms with Crippen LogP contribution in [0.25, 0.3) is 10.9 Å². The number of H-pyrrole nitrogens is 1. The van der Waals surface area contributed by atoms with Gasteiger partial charge in [0.2, 0.25) is 5.78 Å². The molecule has 1 aromatic heterocycles. The maximum Gasteiger partial charge on any atom is 0.306 e. The van der Waals surface area contributed by atoms with Gasteiger partial charge in [-0.05, 0) is 49.7 Å². The Morgan fingerprint density at radius 2 is 1.83 bits per heavy atom. The lowest BCUT2D eigenvalue weighted by Crippen LogP contribution is -2.24. The molecule has 0 aliphatic heterocycles. The molecule has 29 heavy (non-hydrogen) atoms. The zero-order valence-electron chi connectivity index (χ0n) is 16.3. The van der Waals surface area contributed by atoms with E-state index in [2.05, 4.69) is 9.97 Å². The number of aromatic nitrogens is 2. The number of esters is 1. The molecule has 0 fully saturated rings. The van der Waals surface area contributed by atoms with Crippen molar-refractivity contribution in [1.82, 2.24) is 9.97 Å². The Kier molecular flexibility index (Phi) is 6.39. The molecule has 0 bridgehead atoms. The van der Waals surface area contributed by atoms with E-state index in [1.165, 1.54) is 0 Å². The van der Waals surface area contributed by atoms with E-state index in [1.54, 1.807) is 56.5 Å². The zero-order chi connectivity index (χ0) is 20.8. The average Bonchev–Trinajstić information content (AvgIpc) is 2.73. The molecule has 1 N–H and O–H groups in total. The van der Waals surface area contributed by atoms with Crippen molar-refractivity contribution in [2.45, 2.75) is 32.3 Å². The molecule has 0 radical (unpaired) electrons. The summed E-state index contributed by atoms with van der Waals surface area (Å²) in [6.45, 7) is 1.55. The van der Waals surface area contributed by atoms with Crippen molar-refractivity contribution in [1.29, 1.82) is 0 Å².